The Morgan fingerprint density at radius 3 is 2.55 bits per heavy atom. The molecule has 0 aromatic heterocycles. The van der Waals surface area contributed by atoms with Gasteiger partial charge in [-0.15, -0.1) is 0 Å². The number of ether oxygens (including phenoxy) is 1. The Balaban J connectivity index is 1.25. The van der Waals surface area contributed by atoms with Crippen LogP contribution in [0, 0.1) is 53.2 Å². The highest BCUT2D eigenvalue weighted by Crippen LogP contribution is 2.54. The number of hydrogen-bond donors (Lipinski definition) is 0. The number of methoxy groups -OCH3 is 1. The van der Waals surface area contributed by atoms with Crippen molar-refractivity contribution in [1.29, 1.82) is 5.26 Å². The van der Waals surface area contributed by atoms with E-state index < -0.39 is 5.54 Å². The van der Waals surface area contributed by atoms with Crippen molar-refractivity contribution in [2.24, 2.45) is 23.7 Å². The number of nitriles is 1. The summed E-state index contributed by atoms with van der Waals surface area (Å²) in [4.78, 5) is 23.1. The molecular weight excluding hydrogens is 560 g/mol. The molecule has 2 saturated heterocycles. The smallest absolute Gasteiger partial charge is 0.305 e. The van der Waals surface area contributed by atoms with Crippen molar-refractivity contribution in [2.75, 3.05) is 58.8 Å². The fourth-order valence-corrected chi connectivity index (χ4v) is 8.11. The summed E-state index contributed by atoms with van der Waals surface area (Å²) in [6.07, 6.45) is 4.62. The van der Waals surface area contributed by atoms with E-state index in [0.29, 0.717) is 30.1 Å². The third-order valence-electron chi connectivity index (χ3n) is 10.2. The number of rotatable bonds is 10. The Labute approximate surface area is 260 Å². The van der Waals surface area contributed by atoms with Crippen LogP contribution in [0.3, 0.4) is 0 Å². The average molecular weight is 604 g/mol. The zero-order valence-electron chi connectivity index (χ0n) is 26.1. The molecule has 3 fully saturated rings. The van der Waals surface area contributed by atoms with E-state index in [0.717, 1.165) is 76.0 Å². The van der Waals surface area contributed by atoms with Gasteiger partial charge in [-0.1, -0.05) is 18.6 Å². The summed E-state index contributed by atoms with van der Waals surface area (Å²) in [7, 11) is 5.27. The van der Waals surface area contributed by atoms with Crippen LogP contribution < -0.4 is 4.90 Å². The number of piperidine rings is 1. The highest BCUT2D eigenvalue weighted by molar-refractivity contribution is 5.69. The van der Waals surface area contributed by atoms with Crippen molar-refractivity contribution < 1.29 is 18.3 Å². The number of anilines is 1. The van der Waals surface area contributed by atoms with Gasteiger partial charge in [0.1, 0.15) is 11.6 Å². The zero-order valence-corrected chi connectivity index (χ0v) is 26.1. The van der Waals surface area contributed by atoms with Gasteiger partial charge in [-0.3, -0.25) is 4.79 Å². The third-order valence-corrected chi connectivity index (χ3v) is 10.2. The molecule has 1 saturated carbocycles. The minimum atomic E-state index is -0.881. The molecule has 1 aliphatic carbocycles. The van der Waals surface area contributed by atoms with E-state index in [1.807, 2.05) is 31.1 Å². The van der Waals surface area contributed by atoms with Crippen molar-refractivity contribution in [2.45, 2.75) is 50.6 Å². The van der Waals surface area contributed by atoms with Gasteiger partial charge in [0.15, 0.2) is 0 Å². The fraction of sp³-hybridized carbons (Fsp3) is 0.571. The van der Waals surface area contributed by atoms with Gasteiger partial charge >= 0.3 is 5.97 Å². The number of carbonyl (C=O) groups is 1. The highest BCUT2D eigenvalue weighted by Gasteiger charge is 2.58. The molecule has 44 heavy (non-hydrogen) atoms. The van der Waals surface area contributed by atoms with Crippen LogP contribution in [0.4, 0.5) is 14.5 Å². The van der Waals surface area contributed by atoms with E-state index >= 15 is 0 Å². The van der Waals surface area contributed by atoms with Crippen LogP contribution in [-0.4, -0.2) is 69.7 Å². The van der Waals surface area contributed by atoms with Gasteiger partial charge in [-0.05, 0) is 88.6 Å². The minimum Gasteiger partial charge on any atom is -0.469 e. The second-order valence-electron chi connectivity index (χ2n) is 13.2. The van der Waals surface area contributed by atoms with Gasteiger partial charge in [0.25, 0.3) is 5.54 Å². The molecule has 2 aliphatic heterocycles. The molecule has 2 heterocycles. The van der Waals surface area contributed by atoms with Gasteiger partial charge in [0.05, 0.1) is 24.4 Å². The van der Waals surface area contributed by atoms with Crippen LogP contribution >= 0.6 is 0 Å². The van der Waals surface area contributed by atoms with E-state index in [4.69, 9.17) is 11.3 Å². The molecule has 2 aromatic carbocycles. The molecule has 0 unspecified atom stereocenters. The second-order valence-corrected chi connectivity index (χ2v) is 13.2. The molecule has 2 aromatic rings. The van der Waals surface area contributed by atoms with Crippen LogP contribution in [0.1, 0.15) is 55.2 Å². The van der Waals surface area contributed by atoms with Crippen LogP contribution in [0.2, 0.25) is 0 Å². The molecular formula is C35H43F2N5O2. The predicted molar refractivity (Wildman–Crippen MR) is 166 cm³/mol. The Bertz CT molecular complexity index is 1420. The Kier molecular flexibility index (Phi) is 9.87. The van der Waals surface area contributed by atoms with E-state index in [9.17, 15) is 18.8 Å². The van der Waals surface area contributed by atoms with Crippen LogP contribution in [0.5, 0.6) is 0 Å². The molecule has 0 spiro atoms. The first kappa shape index (κ1) is 31.9. The molecule has 0 radical (unpaired) electrons. The van der Waals surface area contributed by atoms with E-state index in [-0.39, 0.29) is 35.4 Å². The summed E-state index contributed by atoms with van der Waals surface area (Å²) in [5.41, 5.74) is 1.62. The van der Waals surface area contributed by atoms with Crippen LogP contribution in [0.25, 0.3) is 4.85 Å². The van der Waals surface area contributed by atoms with E-state index in [1.54, 1.807) is 6.07 Å². The van der Waals surface area contributed by atoms with Gasteiger partial charge < -0.3 is 24.3 Å². The normalized spacial score (nSPS) is 22.7. The van der Waals surface area contributed by atoms with Crippen molar-refractivity contribution >= 4 is 11.7 Å². The standard InChI is InChI=1S/C35H43F2N5O2/c1-39-35(29-8-6-9-30(36)18-29,31-10-5-7-25(31)17-34(43)44-4)28-11-13-41(14-12-28)20-24-21-42(22-24)33-16-27(23-40(2)3)26(19-38)15-32(33)37/h6,8-9,15-16,18,24-25,28,31H,5,7,10-14,17,20-23H2,2-4H3/t25-,31+,35-/m1/s1. The summed E-state index contributed by atoms with van der Waals surface area (Å²) >= 11 is 0. The predicted octanol–water partition coefficient (Wildman–Crippen LogP) is 5.84. The molecule has 0 amide bonds. The Morgan fingerprint density at radius 1 is 1.16 bits per heavy atom. The molecule has 0 N–H and O–H groups in total. The summed E-state index contributed by atoms with van der Waals surface area (Å²) in [6.45, 7) is 13.3. The maximum absolute atomic E-state index is 14.9. The van der Waals surface area contributed by atoms with Crippen LogP contribution in [-0.2, 0) is 21.6 Å². The second kappa shape index (κ2) is 13.6. The first-order valence-electron chi connectivity index (χ1n) is 15.7. The first-order valence-corrected chi connectivity index (χ1v) is 15.7. The maximum atomic E-state index is 14.9. The Morgan fingerprint density at radius 2 is 1.91 bits per heavy atom. The molecule has 3 aliphatic rings. The monoisotopic (exact) mass is 603 g/mol. The van der Waals surface area contributed by atoms with Crippen LogP contribution in [0.15, 0.2) is 36.4 Å². The van der Waals surface area contributed by atoms with E-state index in [2.05, 4.69) is 20.7 Å². The average Bonchev–Trinajstić information content (AvgIpc) is 3.45. The molecule has 234 valence electrons. The van der Waals surface area contributed by atoms with Crippen molar-refractivity contribution in [1.82, 2.24) is 9.80 Å². The molecule has 0 bridgehead atoms. The lowest BCUT2D eigenvalue weighted by Crippen LogP contribution is -2.54. The summed E-state index contributed by atoms with van der Waals surface area (Å²) < 4.78 is 34.5. The lowest BCUT2D eigenvalue weighted by molar-refractivity contribution is -0.142. The third kappa shape index (κ3) is 6.46. The number of likely N-dealkylation sites (tertiary alicyclic amines) is 1. The number of nitrogens with zero attached hydrogens (tertiary/aromatic N) is 5. The van der Waals surface area contributed by atoms with Gasteiger partial charge in [0.2, 0.25) is 0 Å². The summed E-state index contributed by atoms with van der Waals surface area (Å²) in [5, 5.41) is 9.46. The number of benzene rings is 2. The quantitative estimate of drug-likeness (QED) is 0.251. The van der Waals surface area contributed by atoms with E-state index in [1.165, 1.54) is 25.3 Å². The maximum Gasteiger partial charge on any atom is 0.305 e. The topological polar surface area (TPSA) is 64.2 Å². The largest absolute Gasteiger partial charge is 0.469 e. The first-order chi connectivity index (χ1) is 21.2. The lowest BCUT2D eigenvalue weighted by atomic mass is 9.63. The summed E-state index contributed by atoms with van der Waals surface area (Å²) in [6, 6.07) is 11.9. The molecule has 5 rings (SSSR count). The summed E-state index contributed by atoms with van der Waals surface area (Å²) in [5.74, 6) is -0.462. The van der Waals surface area contributed by atoms with Crippen molar-refractivity contribution in [3.05, 3.63) is 76.1 Å². The number of halogens is 2. The molecule has 3 atom stereocenters. The van der Waals surface area contributed by atoms with Crippen molar-refractivity contribution in [3.63, 3.8) is 0 Å². The minimum absolute atomic E-state index is 0.0302. The van der Waals surface area contributed by atoms with Gasteiger partial charge in [0, 0.05) is 55.9 Å². The molecule has 9 heteroatoms. The number of hydrogen-bond acceptors (Lipinski definition) is 6. The zero-order chi connectivity index (χ0) is 31.4. The van der Waals surface area contributed by atoms with Gasteiger partial charge in [-0.25, -0.2) is 15.4 Å². The number of carbonyl (C=O) groups excluding carboxylic acids is 1. The van der Waals surface area contributed by atoms with Crippen molar-refractivity contribution in [3.8, 4) is 6.07 Å². The SMILES string of the molecule is [C-]#[N+][C@@](c1cccc(F)c1)(C1CCN(CC2CN(c3cc(CN(C)C)c(C#N)cc3F)C2)CC1)[C@H]1CCC[C@@H]1CC(=O)OC. The molecule has 7 nitrogen and oxygen atoms in total. The fourth-order valence-electron chi connectivity index (χ4n) is 8.11. The number of esters is 1. The van der Waals surface area contributed by atoms with Gasteiger partial charge in [-0.2, -0.15) is 5.26 Å². The highest BCUT2D eigenvalue weighted by atomic mass is 19.1. The lowest BCUT2D eigenvalue weighted by Gasteiger charge is -2.46. The Hall–Kier alpha value is -3.53.